The summed E-state index contributed by atoms with van der Waals surface area (Å²) in [7, 11) is 1.49. The SMILES string of the molecule is COc1cc(NC(=O)C2(C(N)=O)CCC2)ccc1N1CCOCC1=O. The molecule has 1 aromatic rings. The van der Waals surface area contributed by atoms with Crippen molar-refractivity contribution in [3.63, 3.8) is 0 Å². The zero-order valence-electron chi connectivity index (χ0n) is 14.0. The first-order valence-electron chi connectivity index (χ1n) is 8.15. The minimum absolute atomic E-state index is 0.0305. The van der Waals surface area contributed by atoms with Crippen LogP contribution in [0, 0.1) is 5.41 Å². The van der Waals surface area contributed by atoms with Gasteiger partial charge in [-0.3, -0.25) is 14.4 Å². The van der Waals surface area contributed by atoms with Crippen molar-refractivity contribution in [1.82, 2.24) is 0 Å². The van der Waals surface area contributed by atoms with Crippen molar-refractivity contribution >= 4 is 29.1 Å². The first-order chi connectivity index (χ1) is 12.0. The number of primary amides is 1. The third-order valence-electron chi connectivity index (χ3n) is 4.83. The molecule has 0 unspecified atom stereocenters. The van der Waals surface area contributed by atoms with E-state index in [4.69, 9.17) is 15.2 Å². The van der Waals surface area contributed by atoms with Crippen LogP contribution in [0.5, 0.6) is 5.75 Å². The Kier molecular flexibility index (Phi) is 4.63. The van der Waals surface area contributed by atoms with E-state index in [1.165, 1.54) is 7.11 Å². The summed E-state index contributed by atoms with van der Waals surface area (Å²) in [5.74, 6) is -0.694. The number of nitrogens with one attached hydrogen (secondary N) is 1. The van der Waals surface area contributed by atoms with Crippen molar-refractivity contribution in [2.75, 3.05) is 37.1 Å². The predicted octanol–water partition coefficient (Wildman–Crippen LogP) is 0.652. The molecule has 8 heteroatoms. The van der Waals surface area contributed by atoms with Gasteiger partial charge in [0.2, 0.25) is 11.8 Å². The van der Waals surface area contributed by atoms with Crippen LogP contribution >= 0.6 is 0 Å². The van der Waals surface area contributed by atoms with Crippen molar-refractivity contribution in [3.05, 3.63) is 18.2 Å². The zero-order valence-corrected chi connectivity index (χ0v) is 14.0. The van der Waals surface area contributed by atoms with Crippen molar-refractivity contribution in [2.24, 2.45) is 11.1 Å². The molecule has 0 bridgehead atoms. The van der Waals surface area contributed by atoms with Gasteiger partial charge in [-0.15, -0.1) is 0 Å². The maximum atomic E-state index is 12.5. The highest BCUT2D eigenvalue weighted by Crippen LogP contribution is 2.42. The fourth-order valence-electron chi connectivity index (χ4n) is 3.12. The highest BCUT2D eigenvalue weighted by Gasteiger charge is 2.49. The van der Waals surface area contributed by atoms with E-state index >= 15 is 0 Å². The van der Waals surface area contributed by atoms with Crippen molar-refractivity contribution in [1.29, 1.82) is 0 Å². The largest absolute Gasteiger partial charge is 0.494 e. The van der Waals surface area contributed by atoms with Gasteiger partial charge in [0.1, 0.15) is 17.8 Å². The van der Waals surface area contributed by atoms with E-state index in [9.17, 15) is 14.4 Å². The minimum atomic E-state index is -1.12. The molecular formula is C17H21N3O5. The smallest absolute Gasteiger partial charge is 0.253 e. The number of morpholine rings is 1. The van der Waals surface area contributed by atoms with Crippen LogP contribution < -0.4 is 20.7 Å². The number of hydrogen-bond acceptors (Lipinski definition) is 5. The third-order valence-corrected chi connectivity index (χ3v) is 4.83. The standard InChI is InChI=1S/C17H21N3O5/c1-24-13-9-11(19-16(23)17(15(18)22)5-2-6-17)3-4-12(13)20-7-8-25-10-14(20)21/h3-4,9H,2,5-8,10H2,1H3,(H2,18,22)(H,19,23). The van der Waals surface area contributed by atoms with Gasteiger partial charge in [0.25, 0.3) is 5.91 Å². The van der Waals surface area contributed by atoms with E-state index in [-0.39, 0.29) is 12.5 Å². The second-order valence-corrected chi connectivity index (χ2v) is 6.24. The zero-order chi connectivity index (χ0) is 18.0. The Morgan fingerprint density at radius 1 is 1.36 bits per heavy atom. The second kappa shape index (κ2) is 6.72. The van der Waals surface area contributed by atoms with E-state index in [2.05, 4.69) is 5.32 Å². The average molecular weight is 347 g/mol. The number of nitrogens with two attached hydrogens (primary N) is 1. The number of nitrogens with zero attached hydrogens (tertiary/aromatic N) is 1. The minimum Gasteiger partial charge on any atom is -0.494 e. The Hall–Kier alpha value is -2.61. The number of ether oxygens (including phenoxy) is 2. The number of rotatable bonds is 5. The number of amides is 3. The number of anilines is 2. The molecule has 1 saturated carbocycles. The topological polar surface area (TPSA) is 111 Å². The maximum Gasteiger partial charge on any atom is 0.253 e. The van der Waals surface area contributed by atoms with Crippen LogP contribution in [-0.2, 0) is 19.1 Å². The molecule has 2 aliphatic rings. The average Bonchev–Trinajstić information content (AvgIpc) is 2.54. The summed E-state index contributed by atoms with van der Waals surface area (Å²) in [5.41, 5.74) is 5.38. The lowest BCUT2D eigenvalue weighted by Crippen LogP contribution is -2.51. The van der Waals surface area contributed by atoms with Gasteiger partial charge in [-0.1, -0.05) is 6.42 Å². The van der Waals surface area contributed by atoms with Gasteiger partial charge in [-0.05, 0) is 25.0 Å². The molecule has 25 heavy (non-hydrogen) atoms. The summed E-state index contributed by atoms with van der Waals surface area (Å²) >= 11 is 0. The lowest BCUT2D eigenvalue weighted by atomic mass is 9.67. The molecule has 1 aliphatic heterocycles. The summed E-state index contributed by atoms with van der Waals surface area (Å²) in [4.78, 5) is 37.7. The van der Waals surface area contributed by atoms with Crippen LogP contribution in [0.4, 0.5) is 11.4 Å². The first kappa shape index (κ1) is 17.2. The lowest BCUT2D eigenvalue weighted by Gasteiger charge is -2.37. The van der Waals surface area contributed by atoms with Gasteiger partial charge in [0.05, 0.1) is 19.4 Å². The Balaban J connectivity index is 1.81. The number of hydrogen-bond donors (Lipinski definition) is 2. The van der Waals surface area contributed by atoms with Crippen LogP contribution in [-0.4, -0.2) is 44.6 Å². The molecule has 0 radical (unpaired) electrons. The highest BCUT2D eigenvalue weighted by molar-refractivity contribution is 6.11. The van der Waals surface area contributed by atoms with Crippen LogP contribution in [0.1, 0.15) is 19.3 Å². The number of benzene rings is 1. The Bertz CT molecular complexity index is 714. The van der Waals surface area contributed by atoms with Gasteiger partial charge < -0.3 is 25.4 Å². The summed E-state index contributed by atoms with van der Waals surface area (Å²) in [6, 6.07) is 5.00. The highest BCUT2D eigenvalue weighted by atomic mass is 16.5. The quantitative estimate of drug-likeness (QED) is 0.760. The van der Waals surface area contributed by atoms with Gasteiger partial charge in [-0.25, -0.2) is 0 Å². The van der Waals surface area contributed by atoms with Crippen molar-refractivity contribution < 1.29 is 23.9 Å². The molecule has 1 saturated heterocycles. The Labute approximate surface area is 145 Å². The van der Waals surface area contributed by atoms with Crippen molar-refractivity contribution in [2.45, 2.75) is 19.3 Å². The molecule has 3 N–H and O–H groups in total. The van der Waals surface area contributed by atoms with E-state index in [0.29, 0.717) is 43.1 Å². The van der Waals surface area contributed by atoms with Crippen LogP contribution in [0.2, 0.25) is 0 Å². The first-order valence-corrected chi connectivity index (χ1v) is 8.15. The molecule has 1 heterocycles. The van der Waals surface area contributed by atoms with Crippen LogP contribution in [0.15, 0.2) is 18.2 Å². The normalized spacial score (nSPS) is 19.1. The summed E-state index contributed by atoms with van der Waals surface area (Å²) < 4.78 is 10.5. The monoisotopic (exact) mass is 347 g/mol. The molecule has 8 nitrogen and oxygen atoms in total. The second-order valence-electron chi connectivity index (χ2n) is 6.24. The number of carbonyl (C=O) groups is 3. The lowest BCUT2D eigenvalue weighted by molar-refractivity contribution is -0.144. The van der Waals surface area contributed by atoms with Gasteiger partial charge >= 0.3 is 0 Å². The Morgan fingerprint density at radius 3 is 2.68 bits per heavy atom. The van der Waals surface area contributed by atoms with E-state index in [0.717, 1.165) is 6.42 Å². The summed E-state index contributed by atoms with van der Waals surface area (Å²) in [6.45, 7) is 0.920. The summed E-state index contributed by atoms with van der Waals surface area (Å²) in [5, 5.41) is 2.73. The molecule has 2 fully saturated rings. The molecule has 1 aliphatic carbocycles. The van der Waals surface area contributed by atoms with Crippen molar-refractivity contribution in [3.8, 4) is 5.75 Å². The third kappa shape index (κ3) is 3.05. The molecular weight excluding hydrogens is 326 g/mol. The number of carbonyl (C=O) groups excluding carboxylic acids is 3. The van der Waals surface area contributed by atoms with E-state index < -0.39 is 17.2 Å². The molecule has 134 valence electrons. The molecule has 3 amide bonds. The molecule has 1 aromatic carbocycles. The number of methoxy groups -OCH3 is 1. The predicted molar refractivity (Wildman–Crippen MR) is 90.3 cm³/mol. The van der Waals surface area contributed by atoms with E-state index in [1.807, 2.05) is 0 Å². The Morgan fingerprint density at radius 2 is 2.12 bits per heavy atom. The van der Waals surface area contributed by atoms with Crippen LogP contribution in [0.3, 0.4) is 0 Å². The van der Waals surface area contributed by atoms with E-state index in [1.54, 1.807) is 23.1 Å². The molecule has 3 rings (SSSR count). The van der Waals surface area contributed by atoms with Gasteiger partial charge in [0.15, 0.2) is 0 Å². The molecule has 0 aromatic heterocycles. The maximum absolute atomic E-state index is 12.5. The molecule has 0 spiro atoms. The molecule has 0 atom stereocenters. The summed E-state index contributed by atoms with van der Waals surface area (Å²) in [6.07, 6.45) is 1.73. The fraction of sp³-hybridized carbons (Fsp3) is 0.471. The van der Waals surface area contributed by atoms with Gasteiger partial charge in [-0.2, -0.15) is 0 Å². The fourth-order valence-corrected chi connectivity index (χ4v) is 3.12. The van der Waals surface area contributed by atoms with Gasteiger partial charge in [0, 0.05) is 18.3 Å². The van der Waals surface area contributed by atoms with Crippen LogP contribution in [0.25, 0.3) is 0 Å².